The van der Waals surface area contributed by atoms with Gasteiger partial charge in [0.15, 0.2) is 6.61 Å². The molecule has 0 aliphatic heterocycles. The minimum atomic E-state index is -0.622. The van der Waals surface area contributed by atoms with Crippen LogP contribution in [-0.4, -0.2) is 35.9 Å². The summed E-state index contributed by atoms with van der Waals surface area (Å²) in [5, 5.41) is 3.49. The number of halogens is 2. The molecule has 1 N–H and O–H groups in total. The van der Waals surface area contributed by atoms with Crippen molar-refractivity contribution in [3.63, 3.8) is 0 Å². The van der Waals surface area contributed by atoms with Crippen LogP contribution in [0, 0.1) is 6.92 Å². The molecule has 2 amide bonds. The summed E-state index contributed by atoms with van der Waals surface area (Å²) in [6, 6.07) is 12.3. The maximum Gasteiger partial charge on any atom is 0.261 e. The number of nitrogens with one attached hydrogen (secondary N) is 1. The topological polar surface area (TPSA) is 58.6 Å². The van der Waals surface area contributed by atoms with E-state index in [0.29, 0.717) is 23.9 Å². The van der Waals surface area contributed by atoms with Gasteiger partial charge in [0.2, 0.25) is 5.91 Å². The summed E-state index contributed by atoms with van der Waals surface area (Å²) in [6.45, 7) is 6.30. The van der Waals surface area contributed by atoms with Crippen molar-refractivity contribution in [3.05, 3.63) is 63.1 Å². The van der Waals surface area contributed by atoms with Gasteiger partial charge in [0, 0.05) is 22.6 Å². The van der Waals surface area contributed by atoms with Crippen molar-refractivity contribution in [2.75, 3.05) is 13.2 Å². The molecule has 0 aliphatic carbocycles. The molecule has 7 heteroatoms. The van der Waals surface area contributed by atoms with E-state index in [1.54, 1.807) is 25.1 Å². The highest BCUT2D eigenvalue weighted by Crippen LogP contribution is 2.21. The van der Waals surface area contributed by atoms with Crippen LogP contribution in [0.5, 0.6) is 5.75 Å². The van der Waals surface area contributed by atoms with Crippen LogP contribution in [0.15, 0.2) is 46.9 Å². The maximum absolute atomic E-state index is 13.0. The number of benzene rings is 2. The molecule has 0 fully saturated rings. The SMILES string of the molecule is CCCNC(=O)[C@@H](C)N(Cc1cccc(Br)c1)C(=O)COc1ccc(Cl)c(C)c1. The molecule has 5 nitrogen and oxygen atoms in total. The second kappa shape index (κ2) is 11.2. The standard InChI is InChI=1S/C22H26BrClN2O3/c1-4-10-25-22(28)16(3)26(13-17-6-5-7-18(23)12-17)21(27)14-29-19-8-9-20(24)15(2)11-19/h5-9,11-12,16H,4,10,13-14H2,1-3H3,(H,25,28)/t16-/m1/s1. The lowest BCUT2D eigenvalue weighted by atomic mass is 10.1. The fraction of sp³-hybridized carbons (Fsp3) is 0.364. The van der Waals surface area contributed by atoms with Crippen LogP contribution in [0.2, 0.25) is 5.02 Å². The molecule has 0 spiro atoms. The van der Waals surface area contributed by atoms with E-state index >= 15 is 0 Å². The zero-order valence-corrected chi connectivity index (χ0v) is 19.2. The minimum Gasteiger partial charge on any atom is -0.484 e. The molecular formula is C22H26BrClN2O3. The second-order valence-corrected chi connectivity index (χ2v) is 8.14. The first-order chi connectivity index (χ1) is 13.8. The summed E-state index contributed by atoms with van der Waals surface area (Å²) < 4.78 is 6.58. The van der Waals surface area contributed by atoms with Crippen LogP contribution >= 0.6 is 27.5 Å². The fourth-order valence-corrected chi connectivity index (χ4v) is 3.31. The van der Waals surface area contributed by atoms with Crippen molar-refractivity contribution in [1.82, 2.24) is 10.2 Å². The van der Waals surface area contributed by atoms with Gasteiger partial charge in [-0.05, 0) is 61.7 Å². The van der Waals surface area contributed by atoms with Crippen LogP contribution in [0.3, 0.4) is 0 Å². The molecule has 0 bridgehead atoms. The Morgan fingerprint density at radius 3 is 2.66 bits per heavy atom. The number of nitrogens with zero attached hydrogens (tertiary/aromatic N) is 1. The van der Waals surface area contributed by atoms with Crippen LogP contribution in [0.25, 0.3) is 0 Å². The summed E-state index contributed by atoms with van der Waals surface area (Å²) in [5.41, 5.74) is 1.79. The van der Waals surface area contributed by atoms with Gasteiger partial charge in [-0.25, -0.2) is 0 Å². The van der Waals surface area contributed by atoms with Crippen LogP contribution in [-0.2, 0) is 16.1 Å². The van der Waals surface area contributed by atoms with Gasteiger partial charge >= 0.3 is 0 Å². The fourth-order valence-electron chi connectivity index (χ4n) is 2.75. The molecule has 2 rings (SSSR count). The molecule has 156 valence electrons. The molecule has 0 aliphatic rings. The smallest absolute Gasteiger partial charge is 0.261 e. The first kappa shape index (κ1) is 23.2. The number of rotatable bonds is 9. The highest BCUT2D eigenvalue weighted by molar-refractivity contribution is 9.10. The summed E-state index contributed by atoms with van der Waals surface area (Å²) in [6.07, 6.45) is 0.830. The number of hydrogen-bond acceptors (Lipinski definition) is 3. The van der Waals surface area contributed by atoms with Gasteiger partial charge in [0.25, 0.3) is 5.91 Å². The minimum absolute atomic E-state index is 0.166. The van der Waals surface area contributed by atoms with Crippen LogP contribution < -0.4 is 10.1 Å². The monoisotopic (exact) mass is 480 g/mol. The third kappa shape index (κ3) is 7.05. The average molecular weight is 482 g/mol. The normalized spacial score (nSPS) is 11.6. The van der Waals surface area contributed by atoms with Gasteiger partial charge in [-0.1, -0.05) is 46.6 Å². The van der Waals surface area contributed by atoms with E-state index in [4.69, 9.17) is 16.3 Å². The van der Waals surface area contributed by atoms with Gasteiger partial charge < -0.3 is 15.0 Å². The Hall–Kier alpha value is -2.05. The van der Waals surface area contributed by atoms with E-state index in [2.05, 4.69) is 21.2 Å². The first-order valence-electron chi connectivity index (χ1n) is 9.52. The van der Waals surface area contributed by atoms with Gasteiger partial charge in [-0.15, -0.1) is 0 Å². The van der Waals surface area contributed by atoms with Crippen LogP contribution in [0.1, 0.15) is 31.4 Å². The largest absolute Gasteiger partial charge is 0.484 e. The third-order valence-electron chi connectivity index (χ3n) is 4.45. The molecule has 2 aromatic rings. The Morgan fingerprint density at radius 2 is 2.00 bits per heavy atom. The van der Waals surface area contributed by atoms with Crippen molar-refractivity contribution in [2.45, 2.75) is 39.8 Å². The van der Waals surface area contributed by atoms with E-state index in [9.17, 15) is 9.59 Å². The van der Waals surface area contributed by atoms with Gasteiger partial charge in [0.05, 0.1) is 0 Å². The molecular weight excluding hydrogens is 456 g/mol. The number of carbonyl (C=O) groups is 2. The highest BCUT2D eigenvalue weighted by Gasteiger charge is 2.26. The van der Waals surface area contributed by atoms with Gasteiger partial charge in [0.1, 0.15) is 11.8 Å². The van der Waals surface area contributed by atoms with Crippen molar-refractivity contribution >= 4 is 39.3 Å². The quantitative estimate of drug-likeness (QED) is 0.563. The molecule has 0 radical (unpaired) electrons. The van der Waals surface area contributed by atoms with Crippen molar-refractivity contribution in [1.29, 1.82) is 0 Å². The highest BCUT2D eigenvalue weighted by atomic mass is 79.9. The Labute approximate surface area is 185 Å². The number of aryl methyl sites for hydroxylation is 1. The molecule has 1 atom stereocenters. The Balaban J connectivity index is 2.14. The second-order valence-electron chi connectivity index (χ2n) is 6.82. The van der Waals surface area contributed by atoms with Crippen molar-refractivity contribution < 1.29 is 14.3 Å². The Kier molecular flexibility index (Phi) is 8.99. The van der Waals surface area contributed by atoms with E-state index in [1.807, 2.05) is 38.1 Å². The molecule has 0 unspecified atom stereocenters. The number of hydrogen-bond donors (Lipinski definition) is 1. The molecule has 0 heterocycles. The summed E-state index contributed by atoms with van der Waals surface area (Å²) in [4.78, 5) is 27.0. The summed E-state index contributed by atoms with van der Waals surface area (Å²) in [7, 11) is 0. The lowest BCUT2D eigenvalue weighted by molar-refractivity contribution is -0.142. The van der Waals surface area contributed by atoms with Crippen molar-refractivity contribution in [2.24, 2.45) is 0 Å². The molecule has 0 saturated carbocycles. The zero-order valence-electron chi connectivity index (χ0n) is 16.9. The molecule has 2 aromatic carbocycles. The van der Waals surface area contributed by atoms with Crippen LogP contribution in [0.4, 0.5) is 0 Å². The average Bonchev–Trinajstić information content (AvgIpc) is 2.70. The molecule has 0 saturated heterocycles. The van der Waals surface area contributed by atoms with E-state index < -0.39 is 6.04 Å². The number of carbonyl (C=O) groups excluding carboxylic acids is 2. The van der Waals surface area contributed by atoms with E-state index in [0.717, 1.165) is 22.0 Å². The summed E-state index contributed by atoms with van der Waals surface area (Å²) >= 11 is 9.48. The van der Waals surface area contributed by atoms with Gasteiger partial charge in [-0.2, -0.15) is 0 Å². The zero-order chi connectivity index (χ0) is 21.4. The van der Waals surface area contributed by atoms with E-state index in [1.165, 1.54) is 4.90 Å². The predicted octanol–water partition coefficient (Wildman–Crippen LogP) is 4.73. The lowest BCUT2D eigenvalue weighted by Crippen LogP contribution is -2.49. The molecule has 0 aromatic heterocycles. The third-order valence-corrected chi connectivity index (χ3v) is 5.37. The maximum atomic E-state index is 13.0. The number of ether oxygens (including phenoxy) is 1. The molecule has 29 heavy (non-hydrogen) atoms. The lowest BCUT2D eigenvalue weighted by Gasteiger charge is -2.28. The Bertz CT molecular complexity index is 860. The van der Waals surface area contributed by atoms with Crippen molar-refractivity contribution in [3.8, 4) is 5.75 Å². The van der Waals surface area contributed by atoms with Gasteiger partial charge in [-0.3, -0.25) is 9.59 Å². The Morgan fingerprint density at radius 1 is 1.24 bits per heavy atom. The first-order valence-corrected chi connectivity index (χ1v) is 10.7. The van der Waals surface area contributed by atoms with E-state index in [-0.39, 0.29) is 18.4 Å². The summed E-state index contributed by atoms with van der Waals surface area (Å²) in [5.74, 6) is 0.111. The predicted molar refractivity (Wildman–Crippen MR) is 119 cm³/mol. The number of amides is 2.